The minimum absolute atomic E-state index is 0.244. The molecule has 1 amide bonds. The first-order chi connectivity index (χ1) is 12.6. The van der Waals surface area contributed by atoms with Crippen LogP contribution in [-0.4, -0.2) is 31.2 Å². The summed E-state index contributed by atoms with van der Waals surface area (Å²) >= 11 is 11.4. The summed E-state index contributed by atoms with van der Waals surface area (Å²) in [6.07, 6.45) is 2.38. The van der Waals surface area contributed by atoms with Crippen LogP contribution in [0.3, 0.4) is 0 Å². The summed E-state index contributed by atoms with van der Waals surface area (Å²) in [5.41, 5.74) is 2.38. The van der Waals surface area contributed by atoms with Crippen molar-refractivity contribution in [2.75, 3.05) is 30.4 Å². The van der Waals surface area contributed by atoms with Crippen LogP contribution < -0.4 is 20.3 Å². The Bertz CT molecular complexity index is 822. The molecule has 0 aliphatic carbocycles. The largest absolute Gasteiger partial charge is 0.495 e. The Morgan fingerprint density at radius 2 is 1.92 bits per heavy atom. The number of benzene rings is 2. The zero-order valence-electron chi connectivity index (χ0n) is 14.4. The molecular weight excluding hydrogens is 370 g/mol. The van der Waals surface area contributed by atoms with Gasteiger partial charge in [0.15, 0.2) is 5.11 Å². The molecule has 26 heavy (non-hydrogen) atoms. The summed E-state index contributed by atoms with van der Waals surface area (Å²) in [6.45, 7) is 2.06. The van der Waals surface area contributed by atoms with Gasteiger partial charge in [-0.1, -0.05) is 23.7 Å². The lowest BCUT2D eigenvalue weighted by molar-refractivity contribution is 0.0977. The van der Waals surface area contributed by atoms with Crippen LogP contribution in [0.2, 0.25) is 5.02 Å². The zero-order valence-corrected chi connectivity index (χ0v) is 16.0. The fourth-order valence-electron chi connectivity index (χ4n) is 2.95. The molecule has 7 heteroatoms. The quantitative estimate of drug-likeness (QED) is 0.772. The highest BCUT2D eigenvalue weighted by molar-refractivity contribution is 7.80. The summed E-state index contributed by atoms with van der Waals surface area (Å²) in [5, 5.41) is 6.43. The molecule has 0 radical (unpaired) electrons. The lowest BCUT2D eigenvalue weighted by atomic mass is 10.2. The van der Waals surface area contributed by atoms with E-state index in [1.54, 1.807) is 18.2 Å². The molecule has 2 aromatic rings. The van der Waals surface area contributed by atoms with E-state index in [0.29, 0.717) is 16.3 Å². The highest BCUT2D eigenvalue weighted by Crippen LogP contribution is 2.28. The van der Waals surface area contributed by atoms with Gasteiger partial charge in [0.05, 0.1) is 23.5 Å². The second kappa shape index (κ2) is 8.38. The van der Waals surface area contributed by atoms with Gasteiger partial charge in [-0.25, -0.2) is 0 Å². The molecular formula is C19H20ClN3O2S. The van der Waals surface area contributed by atoms with Crippen LogP contribution in [0.15, 0.2) is 42.5 Å². The molecule has 1 aliphatic rings. The van der Waals surface area contributed by atoms with Crippen molar-refractivity contribution in [1.29, 1.82) is 0 Å². The topological polar surface area (TPSA) is 53.6 Å². The third-order valence-electron chi connectivity index (χ3n) is 4.24. The van der Waals surface area contributed by atoms with E-state index in [9.17, 15) is 4.79 Å². The second-order valence-electron chi connectivity index (χ2n) is 5.97. The predicted molar refractivity (Wildman–Crippen MR) is 110 cm³/mol. The number of carbonyl (C=O) groups excluding carboxylic acids is 1. The van der Waals surface area contributed by atoms with E-state index in [1.807, 2.05) is 18.2 Å². The molecule has 0 atom stereocenters. The van der Waals surface area contributed by atoms with Crippen molar-refractivity contribution >= 4 is 46.2 Å². The molecule has 1 fully saturated rings. The monoisotopic (exact) mass is 389 g/mol. The number of thiocarbonyl (C=S) groups is 1. The van der Waals surface area contributed by atoms with Gasteiger partial charge in [-0.05, 0) is 55.4 Å². The second-order valence-corrected chi connectivity index (χ2v) is 6.78. The lowest BCUT2D eigenvalue weighted by Gasteiger charge is -2.22. The summed E-state index contributed by atoms with van der Waals surface area (Å²) in [4.78, 5) is 14.7. The molecule has 0 bridgehead atoms. The third kappa shape index (κ3) is 4.26. The molecule has 1 heterocycles. The molecule has 2 N–H and O–H groups in total. The minimum atomic E-state index is -0.328. The van der Waals surface area contributed by atoms with Gasteiger partial charge in [-0.3, -0.25) is 10.1 Å². The maximum absolute atomic E-state index is 12.4. The molecule has 5 nitrogen and oxygen atoms in total. The minimum Gasteiger partial charge on any atom is -0.495 e. The van der Waals surface area contributed by atoms with Crippen LogP contribution >= 0.6 is 23.8 Å². The molecule has 1 aliphatic heterocycles. The van der Waals surface area contributed by atoms with Crippen molar-refractivity contribution in [3.8, 4) is 5.75 Å². The fourth-order valence-corrected chi connectivity index (χ4v) is 3.41. The number of methoxy groups -OCH3 is 1. The van der Waals surface area contributed by atoms with Gasteiger partial charge < -0.3 is 15.0 Å². The van der Waals surface area contributed by atoms with Gasteiger partial charge in [0.1, 0.15) is 5.75 Å². The zero-order chi connectivity index (χ0) is 18.5. The first kappa shape index (κ1) is 18.5. The summed E-state index contributed by atoms with van der Waals surface area (Å²) in [6, 6.07) is 12.8. The number of hydrogen-bond donors (Lipinski definition) is 2. The molecule has 0 saturated carbocycles. The van der Waals surface area contributed by atoms with Crippen LogP contribution in [0.25, 0.3) is 0 Å². The van der Waals surface area contributed by atoms with Gasteiger partial charge in [0.25, 0.3) is 5.91 Å². The van der Waals surface area contributed by atoms with Crippen molar-refractivity contribution < 1.29 is 9.53 Å². The standard InChI is InChI=1S/C19H20ClN3O2S/c1-25-17-9-8-13(12-14(17)20)18(24)22-19(26)21-15-6-2-3-7-16(15)23-10-4-5-11-23/h2-3,6-9,12H,4-5,10-11H2,1H3,(H2,21,22,24,26). The van der Waals surface area contributed by atoms with Crippen LogP contribution in [0.1, 0.15) is 23.2 Å². The Kier molecular flexibility index (Phi) is 5.96. The number of hydrogen-bond acceptors (Lipinski definition) is 4. The Labute approximate surface area is 163 Å². The molecule has 0 spiro atoms. The van der Waals surface area contributed by atoms with E-state index in [4.69, 9.17) is 28.6 Å². The van der Waals surface area contributed by atoms with Gasteiger partial charge in [0.2, 0.25) is 0 Å². The van der Waals surface area contributed by atoms with Crippen LogP contribution in [0.5, 0.6) is 5.75 Å². The SMILES string of the molecule is COc1ccc(C(=O)NC(=S)Nc2ccccc2N2CCCC2)cc1Cl. The summed E-state index contributed by atoms with van der Waals surface area (Å²) in [5.74, 6) is 0.189. The van der Waals surface area contributed by atoms with E-state index in [1.165, 1.54) is 20.0 Å². The Hall–Kier alpha value is -2.31. The van der Waals surface area contributed by atoms with Crippen molar-refractivity contribution in [3.05, 3.63) is 53.1 Å². The average molecular weight is 390 g/mol. The number of amides is 1. The van der Waals surface area contributed by atoms with Gasteiger partial charge in [-0.2, -0.15) is 0 Å². The number of nitrogens with zero attached hydrogens (tertiary/aromatic N) is 1. The number of carbonyl (C=O) groups is 1. The van der Waals surface area contributed by atoms with E-state index in [2.05, 4.69) is 21.6 Å². The normalized spacial score (nSPS) is 13.4. The van der Waals surface area contributed by atoms with Crippen LogP contribution in [0, 0.1) is 0 Å². The number of nitrogens with one attached hydrogen (secondary N) is 2. The van der Waals surface area contributed by atoms with E-state index in [0.717, 1.165) is 24.5 Å². The van der Waals surface area contributed by atoms with Gasteiger partial charge in [-0.15, -0.1) is 0 Å². The van der Waals surface area contributed by atoms with Gasteiger partial charge in [0, 0.05) is 18.7 Å². The first-order valence-corrected chi connectivity index (χ1v) is 9.17. The van der Waals surface area contributed by atoms with Gasteiger partial charge >= 0.3 is 0 Å². The van der Waals surface area contributed by atoms with Crippen molar-refractivity contribution in [2.45, 2.75) is 12.8 Å². The van der Waals surface area contributed by atoms with Crippen LogP contribution in [0.4, 0.5) is 11.4 Å². The third-order valence-corrected chi connectivity index (χ3v) is 4.74. The highest BCUT2D eigenvalue weighted by atomic mass is 35.5. The fraction of sp³-hybridized carbons (Fsp3) is 0.263. The van der Waals surface area contributed by atoms with Crippen molar-refractivity contribution in [2.24, 2.45) is 0 Å². The number of para-hydroxylation sites is 2. The predicted octanol–water partition coefficient (Wildman–Crippen LogP) is 4.08. The Morgan fingerprint density at radius 1 is 1.19 bits per heavy atom. The van der Waals surface area contributed by atoms with E-state index >= 15 is 0 Å². The van der Waals surface area contributed by atoms with Crippen molar-refractivity contribution in [1.82, 2.24) is 5.32 Å². The molecule has 2 aromatic carbocycles. The number of ether oxygens (including phenoxy) is 1. The smallest absolute Gasteiger partial charge is 0.257 e. The Morgan fingerprint density at radius 3 is 2.62 bits per heavy atom. The van der Waals surface area contributed by atoms with Crippen molar-refractivity contribution in [3.63, 3.8) is 0 Å². The Balaban J connectivity index is 1.67. The van der Waals surface area contributed by atoms with E-state index < -0.39 is 0 Å². The molecule has 0 unspecified atom stereocenters. The molecule has 136 valence electrons. The summed E-state index contributed by atoms with van der Waals surface area (Å²) in [7, 11) is 1.53. The average Bonchev–Trinajstić information content (AvgIpc) is 3.16. The number of halogens is 1. The molecule has 0 aromatic heterocycles. The number of anilines is 2. The lowest BCUT2D eigenvalue weighted by Crippen LogP contribution is -2.34. The maximum Gasteiger partial charge on any atom is 0.257 e. The first-order valence-electron chi connectivity index (χ1n) is 8.38. The maximum atomic E-state index is 12.4. The number of rotatable bonds is 4. The van der Waals surface area contributed by atoms with E-state index in [-0.39, 0.29) is 11.0 Å². The van der Waals surface area contributed by atoms with Crippen LogP contribution in [-0.2, 0) is 0 Å². The summed E-state index contributed by atoms with van der Waals surface area (Å²) < 4.78 is 5.10. The molecule has 3 rings (SSSR count). The molecule has 1 saturated heterocycles. The highest BCUT2D eigenvalue weighted by Gasteiger charge is 2.17.